The fraction of sp³-hybridized carbons (Fsp3) is 0.0833. The lowest BCUT2D eigenvalue weighted by molar-refractivity contribution is 0.102. The highest BCUT2D eigenvalue weighted by molar-refractivity contribution is 6.28. The van der Waals surface area contributed by atoms with Crippen LogP contribution in [0.5, 0.6) is 11.5 Å². The number of hydrogen-bond acceptors (Lipinski definition) is 5. The summed E-state index contributed by atoms with van der Waals surface area (Å²) in [6.07, 6.45) is 1.41. The second kappa shape index (κ2) is 5.53. The van der Waals surface area contributed by atoms with Gasteiger partial charge in [-0.1, -0.05) is 6.07 Å². The summed E-state index contributed by atoms with van der Waals surface area (Å²) in [6, 6.07) is 6.10. The molecule has 98 valence electrons. The molecule has 6 nitrogen and oxygen atoms in total. The first kappa shape index (κ1) is 13.1. The molecule has 2 rings (SSSR count). The Morgan fingerprint density at radius 2 is 2.21 bits per heavy atom. The largest absolute Gasteiger partial charge is 0.504 e. The number of carbonyl (C=O) groups excluding carboxylic acids is 1. The molecule has 1 amide bonds. The van der Waals surface area contributed by atoms with E-state index < -0.39 is 5.91 Å². The summed E-state index contributed by atoms with van der Waals surface area (Å²) >= 11 is 5.61. The maximum absolute atomic E-state index is 12.0. The van der Waals surface area contributed by atoms with Crippen LogP contribution in [0.4, 0.5) is 5.82 Å². The van der Waals surface area contributed by atoms with E-state index in [2.05, 4.69) is 15.3 Å². The van der Waals surface area contributed by atoms with Crippen LogP contribution in [0.25, 0.3) is 0 Å². The number of benzene rings is 1. The second-order valence-corrected chi connectivity index (χ2v) is 3.86. The minimum atomic E-state index is -0.522. The Kier molecular flexibility index (Phi) is 3.82. The molecule has 0 saturated carbocycles. The van der Waals surface area contributed by atoms with E-state index in [4.69, 9.17) is 16.3 Å². The van der Waals surface area contributed by atoms with Gasteiger partial charge in [-0.3, -0.25) is 4.79 Å². The third kappa shape index (κ3) is 2.92. The van der Waals surface area contributed by atoms with Gasteiger partial charge >= 0.3 is 0 Å². The SMILES string of the molecule is COc1cccc(C(=O)Nc2ccnc(Cl)n2)c1O. The predicted molar refractivity (Wildman–Crippen MR) is 69.7 cm³/mol. The van der Waals surface area contributed by atoms with E-state index in [1.54, 1.807) is 12.1 Å². The predicted octanol–water partition coefficient (Wildman–Crippen LogP) is 2.10. The Morgan fingerprint density at radius 3 is 2.89 bits per heavy atom. The Morgan fingerprint density at radius 1 is 1.42 bits per heavy atom. The van der Waals surface area contributed by atoms with Crippen molar-refractivity contribution in [1.29, 1.82) is 0 Å². The number of methoxy groups -OCH3 is 1. The lowest BCUT2D eigenvalue weighted by Crippen LogP contribution is -2.13. The molecule has 2 N–H and O–H groups in total. The van der Waals surface area contributed by atoms with Crippen LogP contribution in [0, 0.1) is 0 Å². The molecule has 1 heterocycles. The maximum Gasteiger partial charge on any atom is 0.260 e. The van der Waals surface area contributed by atoms with Crippen molar-refractivity contribution in [2.75, 3.05) is 12.4 Å². The van der Waals surface area contributed by atoms with E-state index in [0.29, 0.717) is 0 Å². The van der Waals surface area contributed by atoms with Crippen LogP contribution in [-0.2, 0) is 0 Å². The summed E-state index contributed by atoms with van der Waals surface area (Å²) in [6.45, 7) is 0. The number of para-hydroxylation sites is 1. The van der Waals surface area contributed by atoms with Gasteiger partial charge in [0.25, 0.3) is 5.91 Å². The lowest BCUT2D eigenvalue weighted by atomic mass is 10.1. The van der Waals surface area contributed by atoms with Crippen molar-refractivity contribution in [1.82, 2.24) is 9.97 Å². The molecule has 0 aliphatic carbocycles. The Bertz CT molecular complexity index is 619. The smallest absolute Gasteiger partial charge is 0.260 e. The molecule has 19 heavy (non-hydrogen) atoms. The number of nitrogens with zero attached hydrogens (tertiary/aromatic N) is 2. The zero-order valence-electron chi connectivity index (χ0n) is 9.92. The van der Waals surface area contributed by atoms with Crippen molar-refractivity contribution in [2.24, 2.45) is 0 Å². The lowest BCUT2D eigenvalue weighted by Gasteiger charge is -2.08. The van der Waals surface area contributed by atoms with Crippen molar-refractivity contribution in [2.45, 2.75) is 0 Å². The number of amides is 1. The average molecular weight is 280 g/mol. The van der Waals surface area contributed by atoms with Gasteiger partial charge in [-0.2, -0.15) is 0 Å². The van der Waals surface area contributed by atoms with Crippen LogP contribution >= 0.6 is 11.6 Å². The monoisotopic (exact) mass is 279 g/mol. The molecule has 0 spiro atoms. The van der Waals surface area contributed by atoms with E-state index in [1.165, 1.54) is 25.4 Å². The molecule has 0 aliphatic rings. The summed E-state index contributed by atoms with van der Waals surface area (Å²) in [5.41, 5.74) is 0.0779. The Balaban J connectivity index is 2.25. The molecule has 0 unspecified atom stereocenters. The average Bonchev–Trinajstić information content (AvgIpc) is 2.39. The van der Waals surface area contributed by atoms with Gasteiger partial charge in [0.2, 0.25) is 5.28 Å². The van der Waals surface area contributed by atoms with Crippen molar-refractivity contribution in [3.63, 3.8) is 0 Å². The molecule has 7 heteroatoms. The minimum Gasteiger partial charge on any atom is -0.504 e. The molecule has 2 aromatic rings. The quantitative estimate of drug-likeness (QED) is 0.841. The molecule has 0 saturated heterocycles. The van der Waals surface area contributed by atoms with Gasteiger partial charge in [0, 0.05) is 6.20 Å². The summed E-state index contributed by atoms with van der Waals surface area (Å²) in [5.74, 6) is -0.297. The van der Waals surface area contributed by atoms with Crippen LogP contribution in [-0.4, -0.2) is 28.1 Å². The molecule has 0 bridgehead atoms. The number of halogens is 1. The van der Waals surface area contributed by atoms with Gasteiger partial charge < -0.3 is 15.2 Å². The number of carbonyl (C=O) groups is 1. The fourth-order valence-electron chi connectivity index (χ4n) is 1.46. The summed E-state index contributed by atoms with van der Waals surface area (Å²) in [7, 11) is 1.40. The summed E-state index contributed by atoms with van der Waals surface area (Å²) in [5, 5.41) is 12.4. The number of hydrogen-bond donors (Lipinski definition) is 2. The fourth-order valence-corrected chi connectivity index (χ4v) is 1.61. The second-order valence-electron chi connectivity index (χ2n) is 3.52. The van der Waals surface area contributed by atoms with Gasteiger partial charge in [0.15, 0.2) is 11.5 Å². The topological polar surface area (TPSA) is 84.3 Å². The standard InChI is InChI=1S/C12H10ClN3O3/c1-19-8-4-2-3-7(10(8)17)11(18)15-9-5-6-14-12(13)16-9/h2-6,17H,1H3,(H,14,15,16,18). The minimum absolute atomic E-state index is 0.0210. The molecular weight excluding hydrogens is 270 g/mol. The molecule has 0 fully saturated rings. The van der Waals surface area contributed by atoms with E-state index >= 15 is 0 Å². The zero-order valence-corrected chi connectivity index (χ0v) is 10.7. The normalized spacial score (nSPS) is 10.0. The van der Waals surface area contributed by atoms with Crippen molar-refractivity contribution < 1.29 is 14.6 Å². The molecule has 0 aliphatic heterocycles. The van der Waals surface area contributed by atoms with Gasteiger partial charge in [-0.15, -0.1) is 0 Å². The number of nitrogens with one attached hydrogen (secondary N) is 1. The number of ether oxygens (including phenoxy) is 1. The highest BCUT2D eigenvalue weighted by Gasteiger charge is 2.15. The third-order valence-corrected chi connectivity index (χ3v) is 2.51. The molecule has 0 atom stereocenters. The van der Waals surface area contributed by atoms with Crippen LogP contribution in [0.15, 0.2) is 30.5 Å². The van der Waals surface area contributed by atoms with Crippen molar-refractivity contribution in [3.05, 3.63) is 41.3 Å². The first-order chi connectivity index (χ1) is 9.11. The molecule has 1 aromatic heterocycles. The Hall–Kier alpha value is -2.34. The highest BCUT2D eigenvalue weighted by atomic mass is 35.5. The van der Waals surface area contributed by atoms with Gasteiger partial charge in [0.05, 0.1) is 12.7 Å². The molecule has 0 radical (unpaired) electrons. The van der Waals surface area contributed by atoms with Gasteiger partial charge in [-0.25, -0.2) is 9.97 Å². The van der Waals surface area contributed by atoms with Gasteiger partial charge in [-0.05, 0) is 29.8 Å². The van der Waals surface area contributed by atoms with Crippen LogP contribution < -0.4 is 10.1 Å². The van der Waals surface area contributed by atoms with Crippen LogP contribution in [0.2, 0.25) is 5.28 Å². The van der Waals surface area contributed by atoms with Crippen molar-refractivity contribution >= 4 is 23.3 Å². The third-order valence-electron chi connectivity index (χ3n) is 2.33. The Labute approximate surface area is 114 Å². The maximum atomic E-state index is 12.0. The van der Waals surface area contributed by atoms with Crippen molar-refractivity contribution in [3.8, 4) is 11.5 Å². The summed E-state index contributed by atoms with van der Waals surface area (Å²) in [4.78, 5) is 19.5. The number of aromatic hydroxyl groups is 1. The highest BCUT2D eigenvalue weighted by Crippen LogP contribution is 2.29. The number of phenols is 1. The first-order valence-electron chi connectivity index (χ1n) is 5.27. The number of rotatable bonds is 3. The van der Waals surface area contributed by atoms with Gasteiger partial charge in [0.1, 0.15) is 5.82 Å². The van der Waals surface area contributed by atoms with E-state index in [1.807, 2.05) is 0 Å². The first-order valence-corrected chi connectivity index (χ1v) is 5.65. The summed E-state index contributed by atoms with van der Waals surface area (Å²) < 4.78 is 4.93. The van der Waals surface area contributed by atoms with Crippen LogP contribution in [0.3, 0.4) is 0 Å². The zero-order chi connectivity index (χ0) is 13.8. The number of aromatic nitrogens is 2. The number of anilines is 1. The van der Waals surface area contributed by atoms with E-state index in [-0.39, 0.29) is 28.2 Å². The van der Waals surface area contributed by atoms with Crippen LogP contribution in [0.1, 0.15) is 10.4 Å². The van der Waals surface area contributed by atoms with E-state index in [9.17, 15) is 9.90 Å². The molecule has 1 aromatic carbocycles. The number of phenolic OH excluding ortho intramolecular Hbond substituents is 1. The van der Waals surface area contributed by atoms with E-state index in [0.717, 1.165) is 0 Å². The molecular formula is C12H10ClN3O3.